The molecule has 0 bridgehead atoms. The molecular weight excluding hydrogens is 403 g/mol. The molecule has 0 radical (unpaired) electrons. The van der Waals surface area contributed by atoms with Crippen molar-refractivity contribution < 1.29 is 13.9 Å². The van der Waals surface area contributed by atoms with Gasteiger partial charge in [-0.1, -0.05) is 35.5 Å². The zero-order chi connectivity index (χ0) is 21.1. The Kier molecular flexibility index (Phi) is 6.15. The van der Waals surface area contributed by atoms with Crippen molar-refractivity contribution in [2.24, 2.45) is 0 Å². The summed E-state index contributed by atoms with van der Waals surface area (Å²) in [5.41, 5.74) is 3.34. The van der Waals surface area contributed by atoms with Gasteiger partial charge < -0.3 is 9.64 Å². The number of thioether (sulfide) groups is 1. The number of rotatable bonds is 6. The first-order chi connectivity index (χ1) is 14.5. The number of Topliss-reactive ketones (excluding diaryl/α,β-unsaturated/α-hetero) is 1. The van der Waals surface area contributed by atoms with Crippen molar-refractivity contribution in [3.8, 4) is 5.69 Å². The molecular formula is C22H23FN4O2S. The molecule has 0 unspecified atom stereocenters. The van der Waals surface area contributed by atoms with Gasteiger partial charge in [0, 0.05) is 18.7 Å². The minimum Gasteiger partial charge on any atom is -0.378 e. The zero-order valence-corrected chi connectivity index (χ0v) is 17.8. The van der Waals surface area contributed by atoms with Crippen molar-refractivity contribution in [3.63, 3.8) is 0 Å². The van der Waals surface area contributed by atoms with Gasteiger partial charge in [-0.15, -0.1) is 10.2 Å². The fourth-order valence-electron chi connectivity index (χ4n) is 3.41. The lowest BCUT2D eigenvalue weighted by atomic mass is 10.0. The molecule has 1 aliphatic heterocycles. The largest absolute Gasteiger partial charge is 0.378 e. The summed E-state index contributed by atoms with van der Waals surface area (Å²) >= 11 is 1.31. The van der Waals surface area contributed by atoms with Gasteiger partial charge in [-0.3, -0.25) is 9.36 Å². The number of aromatic nitrogens is 3. The Bertz CT molecular complexity index is 1060. The second kappa shape index (κ2) is 8.97. The highest BCUT2D eigenvalue weighted by molar-refractivity contribution is 7.99. The van der Waals surface area contributed by atoms with Crippen molar-refractivity contribution in [2.75, 3.05) is 37.0 Å². The molecule has 0 atom stereocenters. The van der Waals surface area contributed by atoms with Crippen LogP contribution in [0.4, 0.5) is 10.3 Å². The molecule has 0 saturated carbocycles. The van der Waals surface area contributed by atoms with Gasteiger partial charge >= 0.3 is 0 Å². The molecule has 156 valence electrons. The van der Waals surface area contributed by atoms with E-state index in [0.29, 0.717) is 48.7 Å². The smallest absolute Gasteiger partial charge is 0.232 e. The first-order valence-corrected chi connectivity index (χ1v) is 10.8. The van der Waals surface area contributed by atoms with Crippen LogP contribution in [0.15, 0.2) is 47.6 Å². The summed E-state index contributed by atoms with van der Waals surface area (Å²) in [6.07, 6.45) is 0. The SMILES string of the molecule is Cc1ccc(C)c(C(=O)CSc2nnc(N3CCOCC3)n2-c2cccc(F)c2)c1. The molecule has 2 heterocycles. The van der Waals surface area contributed by atoms with Crippen LogP contribution in [0.5, 0.6) is 0 Å². The third-order valence-electron chi connectivity index (χ3n) is 5.00. The van der Waals surface area contributed by atoms with Crippen LogP contribution in [0.3, 0.4) is 0 Å². The van der Waals surface area contributed by atoms with E-state index in [0.717, 1.165) is 11.1 Å². The molecule has 4 rings (SSSR count). The molecule has 6 nitrogen and oxygen atoms in total. The molecule has 8 heteroatoms. The van der Waals surface area contributed by atoms with Crippen molar-refractivity contribution in [1.29, 1.82) is 0 Å². The first kappa shape index (κ1) is 20.6. The summed E-state index contributed by atoms with van der Waals surface area (Å²) in [7, 11) is 0. The Morgan fingerprint density at radius 2 is 1.93 bits per heavy atom. The number of carbonyl (C=O) groups is 1. The number of nitrogens with zero attached hydrogens (tertiary/aromatic N) is 4. The molecule has 1 fully saturated rings. The lowest BCUT2D eigenvalue weighted by Gasteiger charge is -2.27. The van der Waals surface area contributed by atoms with Crippen molar-refractivity contribution >= 4 is 23.5 Å². The monoisotopic (exact) mass is 426 g/mol. The van der Waals surface area contributed by atoms with E-state index in [1.54, 1.807) is 6.07 Å². The maximum atomic E-state index is 13.9. The number of carbonyl (C=O) groups excluding carboxylic acids is 1. The average Bonchev–Trinajstić information content (AvgIpc) is 3.18. The van der Waals surface area contributed by atoms with Crippen molar-refractivity contribution in [3.05, 3.63) is 65.0 Å². The molecule has 2 aromatic carbocycles. The average molecular weight is 427 g/mol. The number of anilines is 1. The number of ether oxygens (including phenoxy) is 1. The Hall–Kier alpha value is -2.71. The van der Waals surface area contributed by atoms with Crippen LogP contribution in [0.25, 0.3) is 5.69 Å². The van der Waals surface area contributed by atoms with E-state index in [-0.39, 0.29) is 17.4 Å². The Morgan fingerprint density at radius 1 is 1.13 bits per heavy atom. The Balaban J connectivity index is 1.63. The molecule has 3 aromatic rings. The minimum absolute atomic E-state index is 0.0305. The fraction of sp³-hybridized carbons (Fsp3) is 0.318. The number of halogens is 1. The maximum Gasteiger partial charge on any atom is 0.232 e. The van der Waals surface area contributed by atoms with Gasteiger partial charge in [0.15, 0.2) is 10.9 Å². The number of ketones is 1. The first-order valence-electron chi connectivity index (χ1n) is 9.80. The van der Waals surface area contributed by atoms with E-state index in [4.69, 9.17) is 4.74 Å². The Labute approximate surface area is 179 Å². The molecule has 30 heavy (non-hydrogen) atoms. The molecule has 0 aliphatic carbocycles. The number of hydrogen-bond acceptors (Lipinski definition) is 6. The second-order valence-electron chi connectivity index (χ2n) is 7.23. The predicted octanol–water partition coefficient (Wildman–Crippen LogP) is 3.83. The quantitative estimate of drug-likeness (QED) is 0.441. The highest BCUT2D eigenvalue weighted by Crippen LogP contribution is 2.28. The van der Waals surface area contributed by atoms with Crippen LogP contribution in [-0.4, -0.2) is 52.6 Å². The van der Waals surface area contributed by atoms with E-state index >= 15 is 0 Å². The molecule has 0 spiro atoms. The van der Waals surface area contributed by atoms with Gasteiger partial charge in [-0.2, -0.15) is 0 Å². The van der Waals surface area contributed by atoms with Crippen molar-refractivity contribution in [2.45, 2.75) is 19.0 Å². The van der Waals surface area contributed by atoms with Crippen LogP contribution in [0.2, 0.25) is 0 Å². The second-order valence-corrected chi connectivity index (χ2v) is 8.17. The van der Waals surface area contributed by atoms with Crippen LogP contribution >= 0.6 is 11.8 Å². The summed E-state index contributed by atoms with van der Waals surface area (Å²) in [4.78, 5) is 14.9. The summed E-state index contributed by atoms with van der Waals surface area (Å²) in [5, 5.41) is 9.23. The van der Waals surface area contributed by atoms with Crippen LogP contribution < -0.4 is 4.90 Å². The van der Waals surface area contributed by atoms with Crippen LogP contribution in [0, 0.1) is 19.7 Å². The molecule has 1 aliphatic rings. The van der Waals surface area contributed by atoms with Crippen LogP contribution in [-0.2, 0) is 4.74 Å². The van der Waals surface area contributed by atoms with E-state index < -0.39 is 0 Å². The van der Waals surface area contributed by atoms with Gasteiger partial charge in [0.05, 0.1) is 24.7 Å². The topological polar surface area (TPSA) is 60.3 Å². The van der Waals surface area contributed by atoms with Gasteiger partial charge in [0.1, 0.15) is 5.82 Å². The summed E-state index contributed by atoms with van der Waals surface area (Å²) in [6, 6.07) is 12.2. The number of aryl methyl sites for hydroxylation is 2. The van der Waals surface area contributed by atoms with E-state index in [1.165, 1.54) is 23.9 Å². The number of hydrogen-bond donors (Lipinski definition) is 0. The predicted molar refractivity (Wildman–Crippen MR) is 115 cm³/mol. The molecule has 0 N–H and O–H groups in total. The third-order valence-corrected chi connectivity index (χ3v) is 5.93. The Morgan fingerprint density at radius 3 is 2.70 bits per heavy atom. The van der Waals surface area contributed by atoms with E-state index in [2.05, 4.69) is 15.1 Å². The van der Waals surface area contributed by atoms with Gasteiger partial charge in [0.2, 0.25) is 5.95 Å². The van der Waals surface area contributed by atoms with Crippen molar-refractivity contribution in [1.82, 2.24) is 14.8 Å². The number of benzene rings is 2. The lowest BCUT2D eigenvalue weighted by molar-refractivity contribution is 0.102. The lowest BCUT2D eigenvalue weighted by Crippen LogP contribution is -2.37. The standard InChI is InChI=1S/C22H23FN4O2S/c1-15-6-7-16(2)19(12-15)20(28)14-30-22-25-24-21(26-8-10-29-11-9-26)27(22)18-5-3-4-17(23)13-18/h3-7,12-13H,8-11,14H2,1-2H3. The summed E-state index contributed by atoms with van der Waals surface area (Å²) in [6.45, 7) is 6.47. The highest BCUT2D eigenvalue weighted by atomic mass is 32.2. The van der Waals surface area contributed by atoms with Gasteiger partial charge in [-0.25, -0.2) is 4.39 Å². The molecule has 1 aromatic heterocycles. The van der Waals surface area contributed by atoms with E-state index in [9.17, 15) is 9.18 Å². The van der Waals surface area contributed by atoms with Gasteiger partial charge in [-0.05, 0) is 43.7 Å². The number of morpholine rings is 1. The zero-order valence-electron chi connectivity index (χ0n) is 17.0. The maximum absolute atomic E-state index is 13.9. The highest BCUT2D eigenvalue weighted by Gasteiger charge is 2.23. The summed E-state index contributed by atoms with van der Waals surface area (Å²) < 4.78 is 21.2. The molecule has 1 saturated heterocycles. The normalized spacial score (nSPS) is 14.2. The van der Waals surface area contributed by atoms with Crippen LogP contribution in [0.1, 0.15) is 21.5 Å². The summed E-state index contributed by atoms with van der Waals surface area (Å²) in [5.74, 6) is 0.547. The third kappa shape index (κ3) is 4.39. The minimum atomic E-state index is -0.337. The van der Waals surface area contributed by atoms with Gasteiger partial charge in [0.25, 0.3) is 0 Å². The molecule has 0 amide bonds. The fourth-order valence-corrected chi connectivity index (χ4v) is 4.24. The van der Waals surface area contributed by atoms with E-state index in [1.807, 2.05) is 42.7 Å².